The Balaban J connectivity index is 1.65. The van der Waals surface area contributed by atoms with E-state index in [0.717, 1.165) is 31.8 Å². The molecule has 5 heteroatoms. The van der Waals surface area contributed by atoms with Crippen molar-refractivity contribution in [3.8, 4) is 0 Å². The second-order valence-electron chi connectivity index (χ2n) is 7.37. The molecule has 3 aliphatic rings. The van der Waals surface area contributed by atoms with Crippen LogP contribution < -0.4 is 5.32 Å². The molecule has 0 aromatic carbocycles. The van der Waals surface area contributed by atoms with E-state index < -0.39 is 9.84 Å². The summed E-state index contributed by atoms with van der Waals surface area (Å²) in [6, 6.07) is 1.29. The highest BCUT2D eigenvalue weighted by molar-refractivity contribution is 7.91. The van der Waals surface area contributed by atoms with E-state index in [1.54, 1.807) is 0 Å². The molecule has 3 rings (SSSR count). The Kier molecular flexibility index (Phi) is 4.91. The lowest BCUT2D eigenvalue weighted by Gasteiger charge is -2.47. The van der Waals surface area contributed by atoms with E-state index >= 15 is 0 Å². The molecule has 2 saturated heterocycles. The van der Waals surface area contributed by atoms with E-state index in [4.69, 9.17) is 0 Å². The van der Waals surface area contributed by atoms with Gasteiger partial charge in [0.2, 0.25) is 0 Å². The van der Waals surface area contributed by atoms with Crippen LogP contribution in [0.2, 0.25) is 0 Å². The van der Waals surface area contributed by atoms with Crippen LogP contribution in [-0.2, 0) is 9.84 Å². The van der Waals surface area contributed by atoms with E-state index in [1.165, 1.54) is 32.1 Å². The Morgan fingerprint density at radius 2 is 1.81 bits per heavy atom. The number of nitrogens with one attached hydrogen (secondary N) is 1. The van der Waals surface area contributed by atoms with Gasteiger partial charge in [0.25, 0.3) is 0 Å². The first-order valence-electron chi connectivity index (χ1n) is 8.75. The Labute approximate surface area is 129 Å². The lowest BCUT2D eigenvalue weighted by atomic mass is 9.82. The second kappa shape index (κ2) is 6.55. The molecular formula is C16H30N2O2S. The molecule has 21 heavy (non-hydrogen) atoms. The molecule has 0 radical (unpaired) electrons. The van der Waals surface area contributed by atoms with Crippen LogP contribution in [0.1, 0.15) is 51.9 Å². The van der Waals surface area contributed by atoms with E-state index in [2.05, 4.69) is 17.1 Å². The number of sulfone groups is 1. The van der Waals surface area contributed by atoms with Gasteiger partial charge in [0.1, 0.15) is 0 Å². The Morgan fingerprint density at radius 1 is 1.05 bits per heavy atom. The van der Waals surface area contributed by atoms with E-state index in [1.807, 2.05) is 0 Å². The quantitative estimate of drug-likeness (QED) is 0.844. The van der Waals surface area contributed by atoms with Crippen LogP contribution in [-0.4, -0.2) is 56.0 Å². The van der Waals surface area contributed by atoms with Crippen molar-refractivity contribution in [3.05, 3.63) is 0 Å². The van der Waals surface area contributed by atoms with Crippen molar-refractivity contribution in [2.24, 2.45) is 5.92 Å². The number of hydrogen-bond donors (Lipinski definition) is 1. The minimum absolute atomic E-state index is 0.256. The van der Waals surface area contributed by atoms with E-state index in [0.29, 0.717) is 23.6 Å². The molecule has 0 aromatic heterocycles. The summed E-state index contributed by atoms with van der Waals surface area (Å²) in [5.41, 5.74) is 0. The first-order valence-corrected chi connectivity index (χ1v) is 10.6. The molecule has 0 bridgehead atoms. The molecule has 1 N–H and O–H groups in total. The number of hydrogen-bond acceptors (Lipinski definition) is 4. The summed E-state index contributed by atoms with van der Waals surface area (Å²) in [4.78, 5) is 2.51. The maximum atomic E-state index is 12.0. The van der Waals surface area contributed by atoms with Gasteiger partial charge in [0.15, 0.2) is 9.84 Å². The molecule has 4 nitrogen and oxygen atoms in total. The summed E-state index contributed by atoms with van der Waals surface area (Å²) in [5, 5.41) is 3.74. The summed E-state index contributed by atoms with van der Waals surface area (Å²) >= 11 is 0. The minimum atomic E-state index is -2.81. The monoisotopic (exact) mass is 314 g/mol. The molecule has 0 spiro atoms. The number of rotatable bonds is 2. The van der Waals surface area contributed by atoms with Crippen molar-refractivity contribution in [1.82, 2.24) is 10.2 Å². The summed E-state index contributed by atoms with van der Waals surface area (Å²) in [6.07, 6.45) is 8.74. The van der Waals surface area contributed by atoms with Gasteiger partial charge < -0.3 is 5.32 Å². The normalized spacial score (nSPS) is 39.2. The Bertz CT molecular complexity index is 445. The topological polar surface area (TPSA) is 49.4 Å². The maximum Gasteiger partial charge on any atom is 0.151 e. The van der Waals surface area contributed by atoms with Crippen molar-refractivity contribution >= 4 is 9.84 Å². The molecule has 122 valence electrons. The van der Waals surface area contributed by atoms with Gasteiger partial charge in [-0.1, -0.05) is 19.3 Å². The fourth-order valence-electron chi connectivity index (χ4n) is 4.53. The van der Waals surface area contributed by atoms with Crippen LogP contribution in [0.5, 0.6) is 0 Å². The molecule has 1 saturated carbocycles. The average Bonchev–Trinajstić information content (AvgIpc) is 2.47. The van der Waals surface area contributed by atoms with Crippen LogP contribution in [0.4, 0.5) is 0 Å². The van der Waals surface area contributed by atoms with Crippen molar-refractivity contribution in [3.63, 3.8) is 0 Å². The predicted octanol–water partition coefficient (Wildman–Crippen LogP) is 1.81. The molecule has 0 aromatic rings. The molecule has 3 atom stereocenters. The largest absolute Gasteiger partial charge is 0.311 e. The molecule has 3 unspecified atom stereocenters. The highest BCUT2D eigenvalue weighted by Crippen LogP contribution is 2.30. The summed E-state index contributed by atoms with van der Waals surface area (Å²) in [5.74, 6) is 1.58. The zero-order valence-electron chi connectivity index (χ0n) is 13.3. The first kappa shape index (κ1) is 15.8. The van der Waals surface area contributed by atoms with Crippen molar-refractivity contribution in [2.45, 2.75) is 70.0 Å². The lowest BCUT2D eigenvalue weighted by Crippen LogP contribution is -2.62. The van der Waals surface area contributed by atoms with Crippen molar-refractivity contribution in [1.29, 1.82) is 0 Å². The van der Waals surface area contributed by atoms with Gasteiger partial charge in [0, 0.05) is 31.2 Å². The fraction of sp³-hybridized carbons (Fsp3) is 1.00. The minimum Gasteiger partial charge on any atom is -0.311 e. The van der Waals surface area contributed by atoms with Crippen molar-refractivity contribution < 1.29 is 8.42 Å². The predicted molar refractivity (Wildman–Crippen MR) is 86.2 cm³/mol. The smallest absolute Gasteiger partial charge is 0.151 e. The average molecular weight is 314 g/mol. The highest BCUT2D eigenvalue weighted by Gasteiger charge is 2.37. The molecule has 2 aliphatic heterocycles. The van der Waals surface area contributed by atoms with Gasteiger partial charge in [-0.2, -0.15) is 0 Å². The number of nitrogens with zero attached hydrogens (tertiary/aromatic N) is 1. The molecule has 2 heterocycles. The third-order valence-electron chi connectivity index (χ3n) is 5.78. The van der Waals surface area contributed by atoms with E-state index in [9.17, 15) is 8.42 Å². The molecular weight excluding hydrogens is 284 g/mol. The van der Waals surface area contributed by atoms with Gasteiger partial charge in [0.05, 0.1) is 11.5 Å². The summed E-state index contributed by atoms with van der Waals surface area (Å²) < 4.78 is 23.9. The van der Waals surface area contributed by atoms with E-state index in [-0.39, 0.29) is 6.04 Å². The Morgan fingerprint density at radius 3 is 2.52 bits per heavy atom. The van der Waals surface area contributed by atoms with Crippen LogP contribution >= 0.6 is 0 Å². The van der Waals surface area contributed by atoms with Gasteiger partial charge in [-0.05, 0) is 38.5 Å². The van der Waals surface area contributed by atoms with Crippen LogP contribution in [0.3, 0.4) is 0 Å². The van der Waals surface area contributed by atoms with Crippen molar-refractivity contribution in [2.75, 3.05) is 24.6 Å². The van der Waals surface area contributed by atoms with Gasteiger partial charge >= 0.3 is 0 Å². The van der Waals surface area contributed by atoms with Crippen LogP contribution in [0.25, 0.3) is 0 Å². The number of piperazine rings is 1. The fourth-order valence-corrected chi connectivity index (χ4v) is 6.25. The Hall–Kier alpha value is -0.130. The van der Waals surface area contributed by atoms with Crippen LogP contribution in [0.15, 0.2) is 0 Å². The van der Waals surface area contributed by atoms with Gasteiger partial charge in [-0.25, -0.2) is 8.42 Å². The van der Waals surface area contributed by atoms with Gasteiger partial charge in [-0.3, -0.25) is 4.90 Å². The molecule has 3 fully saturated rings. The highest BCUT2D eigenvalue weighted by atomic mass is 32.2. The third-order valence-corrected chi connectivity index (χ3v) is 7.58. The van der Waals surface area contributed by atoms with Crippen LogP contribution in [0, 0.1) is 5.92 Å². The summed E-state index contributed by atoms with van der Waals surface area (Å²) in [7, 11) is -2.81. The first-order chi connectivity index (χ1) is 10.1. The summed E-state index contributed by atoms with van der Waals surface area (Å²) in [6.45, 7) is 4.30. The lowest BCUT2D eigenvalue weighted by molar-refractivity contribution is 0.0683. The second-order valence-corrected chi connectivity index (χ2v) is 9.60. The SMILES string of the molecule is CC1CNC(C2CCCCC2)CN1C1CCCS(=O)(=O)C1. The maximum absolute atomic E-state index is 12.0. The molecule has 0 amide bonds. The zero-order chi connectivity index (χ0) is 14.9. The standard InChI is InChI=1S/C16H30N2O2S/c1-13-10-17-16(14-6-3-2-4-7-14)11-18(13)15-8-5-9-21(19,20)12-15/h13-17H,2-12H2,1H3. The third kappa shape index (κ3) is 3.80. The molecule has 1 aliphatic carbocycles. The zero-order valence-corrected chi connectivity index (χ0v) is 14.1. The van der Waals surface area contributed by atoms with Gasteiger partial charge in [-0.15, -0.1) is 0 Å².